The Kier molecular flexibility index (Phi) is 4.55. The average molecular weight is 319 g/mol. The third-order valence-corrected chi connectivity index (χ3v) is 3.54. The van der Waals surface area contributed by atoms with Crippen LogP contribution in [0.25, 0.3) is 0 Å². The maximum Gasteiger partial charge on any atom is 0.272 e. The molecule has 0 bridgehead atoms. The van der Waals surface area contributed by atoms with Crippen LogP contribution in [-0.4, -0.2) is 29.0 Å². The number of pyridine rings is 1. The first-order chi connectivity index (χ1) is 11.1. The van der Waals surface area contributed by atoms with Crippen LogP contribution in [-0.2, 0) is 6.42 Å². The summed E-state index contributed by atoms with van der Waals surface area (Å²) in [5, 5.41) is 2.61. The van der Waals surface area contributed by atoms with Crippen LogP contribution in [0.1, 0.15) is 35.0 Å². The number of oxazole rings is 1. The number of aromatic nitrogens is 2. The van der Waals surface area contributed by atoms with E-state index in [1.807, 2.05) is 0 Å². The van der Waals surface area contributed by atoms with Crippen LogP contribution in [0.2, 0.25) is 0 Å². The van der Waals surface area contributed by atoms with Crippen molar-refractivity contribution in [2.24, 2.45) is 5.92 Å². The van der Waals surface area contributed by atoms with Crippen molar-refractivity contribution < 1.29 is 18.3 Å². The van der Waals surface area contributed by atoms with E-state index in [0.29, 0.717) is 42.9 Å². The highest BCUT2D eigenvalue weighted by atomic mass is 19.1. The second-order valence-corrected chi connectivity index (χ2v) is 5.61. The summed E-state index contributed by atoms with van der Waals surface area (Å²) in [5.74, 6) is 0.906. The fraction of sp³-hybridized carbons (Fsp3) is 0.438. The van der Waals surface area contributed by atoms with Crippen molar-refractivity contribution >= 4 is 5.91 Å². The first-order valence-electron chi connectivity index (χ1n) is 7.59. The third-order valence-electron chi connectivity index (χ3n) is 3.54. The fourth-order valence-electron chi connectivity index (χ4n) is 2.07. The molecule has 0 saturated heterocycles. The topological polar surface area (TPSA) is 77.2 Å². The van der Waals surface area contributed by atoms with Gasteiger partial charge in [-0.05, 0) is 18.8 Å². The van der Waals surface area contributed by atoms with Gasteiger partial charge in [0.05, 0.1) is 19.0 Å². The minimum atomic E-state index is -0.689. The van der Waals surface area contributed by atoms with Crippen molar-refractivity contribution in [3.05, 3.63) is 41.6 Å². The van der Waals surface area contributed by atoms with Crippen LogP contribution < -0.4 is 10.1 Å². The number of nitrogens with zero attached hydrogens (tertiary/aromatic N) is 2. The Morgan fingerprint density at radius 3 is 2.91 bits per heavy atom. The number of carbonyl (C=O) groups excluding carboxylic acids is 1. The van der Waals surface area contributed by atoms with E-state index in [9.17, 15) is 9.18 Å². The van der Waals surface area contributed by atoms with Gasteiger partial charge in [-0.15, -0.1) is 0 Å². The highest BCUT2D eigenvalue weighted by Crippen LogP contribution is 2.29. The number of hydrogen-bond acceptors (Lipinski definition) is 5. The minimum absolute atomic E-state index is 0.238. The molecule has 7 heteroatoms. The van der Waals surface area contributed by atoms with Crippen LogP contribution in [0.5, 0.6) is 5.75 Å². The molecule has 0 atom stereocenters. The molecule has 122 valence electrons. The van der Waals surface area contributed by atoms with Crippen LogP contribution in [0.3, 0.4) is 0 Å². The van der Waals surface area contributed by atoms with Gasteiger partial charge in [-0.25, -0.2) is 14.4 Å². The van der Waals surface area contributed by atoms with Gasteiger partial charge in [-0.1, -0.05) is 0 Å². The van der Waals surface area contributed by atoms with Gasteiger partial charge in [0.2, 0.25) is 0 Å². The molecule has 2 aromatic rings. The molecule has 0 spiro atoms. The van der Waals surface area contributed by atoms with E-state index in [0.717, 1.165) is 12.8 Å². The number of carbonyl (C=O) groups is 1. The zero-order valence-electron chi connectivity index (χ0n) is 12.8. The molecular formula is C16H18FN3O3. The number of nitrogens with one attached hydrogen (secondary N) is 1. The first-order valence-corrected chi connectivity index (χ1v) is 7.59. The standard InChI is InChI=1S/C16H18FN3O3/c1-10-19-7-12(23-10)4-5-18-16(21)15-14(17)6-13(8-20-15)22-9-11-2-3-11/h6-8,11H,2-5,9H2,1H3,(H,18,21). The van der Waals surface area contributed by atoms with Crippen molar-refractivity contribution in [2.45, 2.75) is 26.2 Å². The Bertz CT molecular complexity index is 698. The second kappa shape index (κ2) is 6.76. The van der Waals surface area contributed by atoms with E-state index >= 15 is 0 Å². The largest absolute Gasteiger partial charge is 0.492 e. The van der Waals surface area contributed by atoms with E-state index in [1.54, 1.807) is 13.1 Å². The summed E-state index contributed by atoms with van der Waals surface area (Å²) in [6.45, 7) is 2.63. The van der Waals surface area contributed by atoms with E-state index < -0.39 is 11.7 Å². The molecule has 1 fully saturated rings. The summed E-state index contributed by atoms with van der Waals surface area (Å²) < 4.78 is 24.7. The number of rotatable bonds is 7. The lowest BCUT2D eigenvalue weighted by molar-refractivity contribution is 0.0944. The van der Waals surface area contributed by atoms with Crippen LogP contribution in [0, 0.1) is 18.7 Å². The summed E-state index contributed by atoms with van der Waals surface area (Å²) in [6.07, 6.45) is 5.77. The van der Waals surface area contributed by atoms with Gasteiger partial charge in [-0.3, -0.25) is 4.79 Å². The van der Waals surface area contributed by atoms with E-state index in [4.69, 9.17) is 9.15 Å². The Balaban J connectivity index is 1.51. The number of hydrogen-bond donors (Lipinski definition) is 1. The third kappa shape index (κ3) is 4.28. The summed E-state index contributed by atoms with van der Waals surface area (Å²) in [5.41, 5.74) is -0.238. The average Bonchev–Trinajstić information content (AvgIpc) is 3.26. The molecule has 0 aromatic carbocycles. The molecule has 1 aliphatic carbocycles. The molecule has 1 amide bonds. The molecule has 0 aliphatic heterocycles. The molecule has 2 aromatic heterocycles. The molecule has 0 radical (unpaired) electrons. The zero-order valence-corrected chi connectivity index (χ0v) is 12.8. The van der Waals surface area contributed by atoms with Crippen LogP contribution in [0.4, 0.5) is 4.39 Å². The van der Waals surface area contributed by atoms with Gasteiger partial charge < -0.3 is 14.5 Å². The molecule has 1 N–H and O–H groups in total. The van der Waals surface area contributed by atoms with Crippen molar-refractivity contribution in [1.29, 1.82) is 0 Å². The second-order valence-electron chi connectivity index (χ2n) is 5.61. The Labute approximate surface area is 133 Å². The van der Waals surface area contributed by atoms with Crippen LogP contribution >= 0.6 is 0 Å². The lowest BCUT2D eigenvalue weighted by Crippen LogP contribution is -2.27. The first kappa shape index (κ1) is 15.5. The fourth-order valence-corrected chi connectivity index (χ4v) is 2.07. The molecule has 3 rings (SSSR count). The summed E-state index contributed by atoms with van der Waals surface area (Å²) >= 11 is 0. The molecular weight excluding hydrogens is 301 g/mol. The SMILES string of the molecule is Cc1ncc(CCNC(=O)c2ncc(OCC3CC3)cc2F)o1. The molecule has 1 saturated carbocycles. The smallest absolute Gasteiger partial charge is 0.272 e. The summed E-state index contributed by atoms with van der Waals surface area (Å²) in [4.78, 5) is 19.8. The van der Waals surface area contributed by atoms with E-state index in [1.165, 1.54) is 12.3 Å². The number of halogens is 1. The van der Waals surface area contributed by atoms with Gasteiger partial charge in [0.25, 0.3) is 5.91 Å². The quantitative estimate of drug-likeness (QED) is 0.847. The zero-order chi connectivity index (χ0) is 16.2. The van der Waals surface area contributed by atoms with Gasteiger partial charge in [0.15, 0.2) is 17.4 Å². The maximum atomic E-state index is 14.0. The number of amides is 1. The van der Waals surface area contributed by atoms with Crippen molar-refractivity contribution in [1.82, 2.24) is 15.3 Å². The van der Waals surface area contributed by atoms with Crippen LogP contribution in [0.15, 0.2) is 22.9 Å². The predicted octanol–water partition coefficient (Wildman–Crippen LogP) is 2.28. The normalized spacial score (nSPS) is 13.8. The molecule has 6 nitrogen and oxygen atoms in total. The molecule has 23 heavy (non-hydrogen) atoms. The van der Waals surface area contributed by atoms with E-state index in [2.05, 4.69) is 15.3 Å². The van der Waals surface area contributed by atoms with Crippen molar-refractivity contribution in [3.8, 4) is 5.75 Å². The number of aryl methyl sites for hydroxylation is 1. The predicted molar refractivity (Wildman–Crippen MR) is 79.7 cm³/mol. The van der Waals surface area contributed by atoms with Gasteiger partial charge in [0, 0.05) is 26.0 Å². The van der Waals surface area contributed by atoms with Crippen molar-refractivity contribution in [3.63, 3.8) is 0 Å². The van der Waals surface area contributed by atoms with Gasteiger partial charge >= 0.3 is 0 Å². The Morgan fingerprint density at radius 1 is 1.43 bits per heavy atom. The monoisotopic (exact) mass is 319 g/mol. The highest BCUT2D eigenvalue weighted by Gasteiger charge is 2.22. The minimum Gasteiger partial charge on any atom is -0.492 e. The molecule has 2 heterocycles. The Hall–Kier alpha value is -2.44. The lowest BCUT2D eigenvalue weighted by Gasteiger charge is -2.07. The van der Waals surface area contributed by atoms with E-state index in [-0.39, 0.29) is 5.69 Å². The van der Waals surface area contributed by atoms with Gasteiger partial charge in [-0.2, -0.15) is 0 Å². The lowest BCUT2D eigenvalue weighted by atomic mass is 10.3. The van der Waals surface area contributed by atoms with Gasteiger partial charge in [0.1, 0.15) is 11.5 Å². The summed E-state index contributed by atoms with van der Waals surface area (Å²) in [7, 11) is 0. The highest BCUT2D eigenvalue weighted by molar-refractivity contribution is 5.92. The molecule has 0 unspecified atom stereocenters. The maximum absolute atomic E-state index is 14.0. The molecule has 1 aliphatic rings. The Morgan fingerprint density at radius 2 is 2.26 bits per heavy atom. The van der Waals surface area contributed by atoms with Crippen molar-refractivity contribution in [2.75, 3.05) is 13.2 Å². The number of ether oxygens (including phenoxy) is 1. The summed E-state index contributed by atoms with van der Waals surface area (Å²) in [6, 6.07) is 1.20.